The highest BCUT2D eigenvalue weighted by Crippen LogP contribution is 2.43. The molecule has 2 unspecified atom stereocenters. The summed E-state index contributed by atoms with van der Waals surface area (Å²) >= 11 is 0. The SMILES string of the molecule is CCCCCCCCCC/C=C\CCCC(COC[C@@H](O)COP(=O)(O)OC[C@H](N)C(=O)O)OC. The summed E-state index contributed by atoms with van der Waals surface area (Å²) in [7, 11) is -2.92. The maximum absolute atomic E-state index is 11.7. The molecule has 0 aliphatic heterocycles. The van der Waals surface area contributed by atoms with Gasteiger partial charge in [0.25, 0.3) is 0 Å². The summed E-state index contributed by atoms with van der Waals surface area (Å²) in [4.78, 5) is 20.1. The number of methoxy groups -OCH3 is 1. The smallest absolute Gasteiger partial charge is 0.472 e. The van der Waals surface area contributed by atoms with Gasteiger partial charge in [-0.25, -0.2) is 4.57 Å². The predicted octanol–water partition coefficient (Wildman–Crippen LogP) is 4.18. The molecule has 4 atom stereocenters. The minimum atomic E-state index is -4.53. The Balaban J connectivity index is 3.78. The Hall–Kier alpha value is -0.840. The molecule has 0 aromatic heterocycles. The van der Waals surface area contributed by atoms with Gasteiger partial charge in [-0.3, -0.25) is 13.8 Å². The molecule has 0 amide bonds. The molecule has 10 nitrogen and oxygen atoms in total. The first-order chi connectivity index (χ1) is 16.7. The number of aliphatic carboxylic acids is 1. The summed E-state index contributed by atoms with van der Waals surface area (Å²) in [6.07, 6.45) is 17.7. The number of carbonyl (C=O) groups is 1. The Morgan fingerprint density at radius 2 is 1.49 bits per heavy atom. The summed E-state index contributed by atoms with van der Waals surface area (Å²) in [5.74, 6) is -1.37. The van der Waals surface area contributed by atoms with Crippen LogP contribution >= 0.6 is 7.82 Å². The number of nitrogens with two attached hydrogens (primary N) is 1. The van der Waals surface area contributed by atoms with Crippen molar-refractivity contribution in [2.45, 2.75) is 102 Å². The highest BCUT2D eigenvalue weighted by Gasteiger charge is 2.25. The van der Waals surface area contributed by atoms with Crippen molar-refractivity contribution in [3.05, 3.63) is 12.2 Å². The monoisotopic (exact) mass is 525 g/mol. The van der Waals surface area contributed by atoms with Gasteiger partial charge >= 0.3 is 13.8 Å². The van der Waals surface area contributed by atoms with Crippen molar-refractivity contribution in [2.75, 3.05) is 33.5 Å². The number of hydrogen-bond donors (Lipinski definition) is 4. The number of phosphoric ester groups is 1. The molecule has 0 radical (unpaired) electrons. The molecule has 0 aliphatic carbocycles. The highest BCUT2D eigenvalue weighted by molar-refractivity contribution is 7.47. The third kappa shape index (κ3) is 22.1. The fourth-order valence-corrected chi connectivity index (χ4v) is 4.00. The topological polar surface area (TPSA) is 158 Å². The number of hydrogen-bond acceptors (Lipinski definition) is 8. The molecular formula is C24H48NO9P. The fraction of sp³-hybridized carbons (Fsp3) is 0.875. The number of carboxylic acid groups (broad SMARTS) is 1. The summed E-state index contributed by atoms with van der Waals surface area (Å²) in [6, 6.07) is -1.45. The third-order valence-corrected chi connectivity index (χ3v) is 6.35. The molecule has 5 N–H and O–H groups in total. The van der Waals surface area contributed by atoms with Crippen LogP contribution in [-0.4, -0.2) is 72.9 Å². The first-order valence-electron chi connectivity index (χ1n) is 12.8. The lowest BCUT2D eigenvalue weighted by molar-refractivity contribution is -0.139. The molecule has 0 aromatic rings. The number of unbranched alkanes of at least 4 members (excludes halogenated alkanes) is 9. The lowest BCUT2D eigenvalue weighted by Gasteiger charge is -2.18. The summed E-state index contributed by atoms with van der Waals surface area (Å²) in [5, 5.41) is 18.5. The standard InChI is InChI=1S/C24H48NO9P/c1-3-4-5-6-7-8-9-10-11-12-13-14-15-16-22(31-2)19-32-17-21(26)18-33-35(29,30)34-20-23(25)24(27)28/h12-13,21-23,26H,3-11,14-20,25H2,1-2H3,(H,27,28)(H,29,30)/b13-12-/t21-,22?,23+/m1/s1. The van der Waals surface area contributed by atoms with Crippen LogP contribution in [0.2, 0.25) is 0 Å². The number of carboxylic acids is 1. The number of phosphoric acid groups is 1. The number of aliphatic hydroxyl groups excluding tert-OH is 1. The second-order valence-electron chi connectivity index (χ2n) is 8.72. The van der Waals surface area contributed by atoms with Gasteiger partial charge in [0.2, 0.25) is 0 Å². The van der Waals surface area contributed by atoms with E-state index in [1.165, 1.54) is 51.4 Å². The van der Waals surface area contributed by atoms with Crippen LogP contribution in [0.3, 0.4) is 0 Å². The van der Waals surface area contributed by atoms with Gasteiger partial charge in [0.1, 0.15) is 12.1 Å². The van der Waals surface area contributed by atoms with Crippen molar-refractivity contribution in [2.24, 2.45) is 5.73 Å². The van der Waals surface area contributed by atoms with E-state index in [9.17, 15) is 19.4 Å². The van der Waals surface area contributed by atoms with E-state index < -0.39 is 39.2 Å². The van der Waals surface area contributed by atoms with Gasteiger partial charge in [0, 0.05) is 7.11 Å². The van der Waals surface area contributed by atoms with Crippen LogP contribution in [0.1, 0.15) is 84.0 Å². The van der Waals surface area contributed by atoms with Gasteiger partial charge in [0.05, 0.1) is 32.5 Å². The van der Waals surface area contributed by atoms with Crippen LogP contribution in [0.5, 0.6) is 0 Å². The van der Waals surface area contributed by atoms with Gasteiger partial charge < -0.3 is 30.3 Å². The first-order valence-corrected chi connectivity index (χ1v) is 14.2. The van der Waals surface area contributed by atoms with Gasteiger partial charge in [-0.2, -0.15) is 0 Å². The molecule has 0 rings (SSSR count). The van der Waals surface area contributed by atoms with Crippen molar-refractivity contribution in [1.29, 1.82) is 0 Å². The molecule has 0 aromatic carbocycles. The van der Waals surface area contributed by atoms with Crippen molar-refractivity contribution in [3.63, 3.8) is 0 Å². The van der Waals surface area contributed by atoms with Crippen molar-refractivity contribution in [1.82, 2.24) is 0 Å². The van der Waals surface area contributed by atoms with E-state index in [1.807, 2.05) is 0 Å². The lowest BCUT2D eigenvalue weighted by atomic mass is 10.1. The van der Waals surface area contributed by atoms with E-state index in [4.69, 9.17) is 20.3 Å². The Kier molecular flexibility index (Phi) is 21.8. The Labute approximate surface area is 210 Å². The first kappa shape index (κ1) is 34.2. The van der Waals surface area contributed by atoms with Gasteiger partial charge in [-0.15, -0.1) is 0 Å². The maximum atomic E-state index is 11.7. The van der Waals surface area contributed by atoms with Crippen LogP contribution in [0.15, 0.2) is 12.2 Å². The van der Waals surface area contributed by atoms with E-state index in [-0.39, 0.29) is 19.3 Å². The van der Waals surface area contributed by atoms with Crippen LogP contribution < -0.4 is 5.73 Å². The largest absolute Gasteiger partial charge is 0.480 e. The summed E-state index contributed by atoms with van der Waals surface area (Å²) in [5.41, 5.74) is 5.19. The van der Waals surface area contributed by atoms with Crippen molar-refractivity contribution < 1.29 is 43.0 Å². The van der Waals surface area contributed by atoms with Gasteiger partial charge in [0.15, 0.2) is 0 Å². The van der Waals surface area contributed by atoms with E-state index in [0.29, 0.717) is 0 Å². The molecule has 0 heterocycles. The zero-order valence-corrected chi connectivity index (χ0v) is 22.4. The minimum Gasteiger partial charge on any atom is -0.480 e. The molecule has 0 fully saturated rings. The minimum absolute atomic E-state index is 0.117. The van der Waals surface area contributed by atoms with Crippen LogP contribution in [0.4, 0.5) is 0 Å². The van der Waals surface area contributed by atoms with Gasteiger partial charge in [-0.05, 0) is 32.1 Å². The zero-order valence-electron chi connectivity index (χ0n) is 21.5. The third-order valence-electron chi connectivity index (χ3n) is 5.40. The average Bonchev–Trinajstić information content (AvgIpc) is 2.83. The van der Waals surface area contributed by atoms with E-state index in [0.717, 1.165) is 25.7 Å². The average molecular weight is 526 g/mol. The predicted molar refractivity (Wildman–Crippen MR) is 135 cm³/mol. The second-order valence-corrected chi connectivity index (χ2v) is 10.2. The van der Waals surface area contributed by atoms with Crippen LogP contribution in [0, 0.1) is 0 Å². The van der Waals surface area contributed by atoms with Crippen molar-refractivity contribution >= 4 is 13.8 Å². The number of rotatable bonds is 25. The molecule has 0 bridgehead atoms. The Morgan fingerprint density at radius 3 is 2.09 bits per heavy atom. The van der Waals surface area contributed by atoms with Gasteiger partial charge in [-0.1, -0.05) is 64.0 Å². The van der Waals surface area contributed by atoms with Crippen molar-refractivity contribution in [3.8, 4) is 0 Å². The zero-order chi connectivity index (χ0) is 26.4. The van der Waals surface area contributed by atoms with E-state index in [2.05, 4.69) is 28.1 Å². The highest BCUT2D eigenvalue weighted by atomic mass is 31.2. The fourth-order valence-electron chi connectivity index (χ4n) is 3.21. The molecule has 0 saturated carbocycles. The van der Waals surface area contributed by atoms with E-state index in [1.54, 1.807) is 7.11 Å². The second kappa shape index (κ2) is 22.4. The Morgan fingerprint density at radius 1 is 0.914 bits per heavy atom. The summed E-state index contributed by atoms with van der Waals surface area (Å²) in [6.45, 7) is 1.19. The summed E-state index contributed by atoms with van der Waals surface area (Å²) < 4.78 is 31.6. The van der Waals surface area contributed by atoms with Crippen LogP contribution in [0.25, 0.3) is 0 Å². The molecule has 11 heteroatoms. The molecular weight excluding hydrogens is 477 g/mol. The quantitative estimate of drug-likeness (QED) is 0.0774. The maximum Gasteiger partial charge on any atom is 0.472 e. The number of aliphatic hydroxyl groups is 1. The molecule has 35 heavy (non-hydrogen) atoms. The number of ether oxygens (including phenoxy) is 2. The normalized spacial score (nSPS) is 16.3. The number of allylic oxidation sites excluding steroid dienone is 2. The molecule has 0 saturated heterocycles. The Bertz CT molecular complexity index is 591. The van der Waals surface area contributed by atoms with Crippen LogP contribution in [-0.2, 0) is 27.9 Å². The molecule has 208 valence electrons. The van der Waals surface area contributed by atoms with E-state index >= 15 is 0 Å². The lowest BCUT2D eigenvalue weighted by Crippen LogP contribution is -2.34. The molecule has 0 aliphatic rings. The molecule has 0 spiro atoms.